The fourth-order valence-electron chi connectivity index (χ4n) is 3.39. The summed E-state index contributed by atoms with van der Waals surface area (Å²) in [5.74, 6) is 0.668. The maximum absolute atomic E-state index is 12.1. The van der Waals surface area contributed by atoms with Crippen LogP contribution in [0.3, 0.4) is 0 Å². The number of likely N-dealkylation sites (tertiary alicyclic amines) is 1. The summed E-state index contributed by atoms with van der Waals surface area (Å²) in [5, 5.41) is 0.813. The molecule has 0 N–H and O–H groups in total. The highest BCUT2D eigenvalue weighted by Gasteiger charge is 2.27. The lowest BCUT2D eigenvalue weighted by molar-refractivity contribution is 0.197. The van der Waals surface area contributed by atoms with Crippen molar-refractivity contribution in [1.29, 1.82) is 0 Å². The van der Waals surface area contributed by atoms with E-state index in [0.29, 0.717) is 18.4 Å². The Morgan fingerprint density at radius 2 is 1.85 bits per heavy atom. The van der Waals surface area contributed by atoms with Crippen LogP contribution in [0.2, 0.25) is 5.02 Å². The zero-order valence-electron chi connectivity index (χ0n) is 15.6. The van der Waals surface area contributed by atoms with Crippen LogP contribution in [0.4, 0.5) is 0 Å². The van der Waals surface area contributed by atoms with Gasteiger partial charge in [0.1, 0.15) is 12.4 Å². The number of sulfonamides is 1. The Balaban J connectivity index is 1.57. The Labute approximate surface area is 166 Å². The van der Waals surface area contributed by atoms with E-state index >= 15 is 0 Å². The van der Waals surface area contributed by atoms with Crippen molar-refractivity contribution in [3.05, 3.63) is 59.1 Å². The third kappa shape index (κ3) is 4.63. The van der Waals surface area contributed by atoms with E-state index in [0.717, 1.165) is 31.0 Å². The number of ether oxygens (including phenoxy) is 1. The fraction of sp³-hybridized carbons (Fsp3) is 0.400. The number of nitrogens with zero attached hydrogens (tertiary/aromatic N) is 2. The fourth-order valence-corrected chi connectivity index (χ4v) is 4.55. The van der Waals surface area contributed by atoms with Gasteiger partial charge in [0.25, 0.3) is 0 Å². The van der Waals surface area contributed by atoms with Gasteiger partial charge in [-0.25, -0.2) is 12.7 Å². The van der Waals surface area contributed by atoms with E-state index in [1.807, 2.05) is 18.2 Å². The van der Waals surface area contributed by atoms with E-state index < -0.39 is 10.0 Å². The largest absolute Gasteiger partial charge is 0.492 e. The Morgan fingerprint density at radius 3 is 2.52 bits per heavy atom. The molecule has 2 aromatic rings. The van der Waals surface area contributed by atoms with Crippen molar-refractivity contribution in [1.82, 2.24) is 9.21 Å². The molecule has 5 nitrogen and oxygen atoms in total. The Morgan fingerprint density at radius 1 is 1.15 bits per heavy atom. The summed E-state index contributed by atoms with van der Waals surface area (Å²) in [5.41, 5.74) is 1.18. The zero-order chi connectivity index (χ0) is 19.4. The van der Waals surface area contributed by atoms with Crippen molar-refractivity contribution >= 4 is 21.6 Å². The molecule has 3 rings (SSSR count). The first-order chi connectivity index (χ1) is 12.9. The number of halogens is 1. The molecule has 1 atom stereocenters. The zero-order valence-corrected chi connectivity index (χ0v) is 17.2. The molecule has 0 saturated carbocycles. The van der Waals surface area contributed by atoms with Crippen molar-refractivity contribution in [2.75, 3.05) is 33.8 Å². The molecule has 0 radical (unpaired) electrons. The van der Waals surface area contributed by atoms with Crippen molar-refractivity contribution in [3.63, 3.8) is 0 Å². The molecule has 1 saturated heterocycles. The van der Waals surface area contributed by atoms with Gasteiger partial charge in [-0.2, -0.15) is 0 Å². The maximum atomic E-state index is 12.1. The second kappa shape index (κ2) is 8.61. The molecule has 1 aliphatic rings. The molecular weight excluding hydrogens is 384 g/mol. The predicted octanol–water partition coefficient (Wildman–Crippen LogP) is 3.81. The third-order valence-electron chi connectivity index (χ3n) is 4.88. The van der Waals surface area contributed by atoms with Gasteiger partial charge in [0.2, 0.25) is 10.0 Å². The molecule has 1 fully saturated rings. The summed E-state index contributed by atoms with van der Waals surface area (Å²) in [7, 11) is -0.374. The summed E-state index contributed by atoms with van der Waals surface area (Å²) < 4.78 is 31.2. The highest BCUT2D eigenvalue weighted by atomic mass is 35.5. The van der Waals surface area contributed by atoms with Crippen LogP contribution in [0.15, 0.2) is 53.4 Å². The second-order valence-electron chi connectivity index (χ2n) is 6.82. The average molecular weight is 409 g/mol. The molecule has 1 unspecified atom stereocenters. The first-order valence-corrected chi connectivity index (χ1v) is 10.9. The third-order valence-corrected chi connectivity index (χ3v) is 7.05. The molecule has 7 heteroatoms. The van der Waals surface area contributed by atoms with Crippen molar-refractivity contribution in [2.45, 2.75) is 23.8 Å². The first kappa shape index (κ1) is 20.1. The van der Waals surface area contributed by atoms with Gasteiger partial charge in [0.15, 0.2) is 0 Å². The molecule has 2 aromatic carbocycles. The minimum absolute atomic E-state index is 0.262. The van der Waals surface area contributed by atoms with E-state index in [-0.39, 0.29) is 4.90 Å². The number of rotatable bonds is 7. The molecular formula is C20H25ClN2O3S. The van der Waals surface area contributed by atoms with E-state index in [9.17, 15) is 8.42 Å². The van der Waals surface area contributed by atoms with Crippen molar-refractivity contribution < 1.29 is 13.2 Å². The average Bonchev–Trinajstić information content (AvgIpc) is 3.11. The molecule has 0 bridgehead atoms. The molecule has 146 valence electrons. The molecule has 1 heterocycles. The normalized spacial score (nSPS) is 18.1. The Bertz CT molecular complexity index is 869. The first-order valence-electron chi connectivity index (χ1n) is 9.03. The van der Waals surface area contributed by atoms with Crippen molar-refractivity contribution in [3.8, 4) is 5.75 Å². The number of hydrogen-bond acceptors (Lipinski definition) is 4. The monoisotopic (exact) mass is 408 g/mol. The van der Waals surface area contributed by atoms with E-state index in [1.165, 1.54) is 24.0 Å². The van der Waals surface area contributed by atoms with Crippen LogP contribution in [0, 0.1) is 0 Å². The minimum atomic E-state index is -3.41. The quantitative estimate of drug-likeness (QED) is 0.699. The SMILES string of the molecule is CN(C)S(=O)(=O)c1ccc(OCCN2CCCC2c2ccccc2Cl)cc1. The van der Waals surface area contributed by atoms with Crippen LogP contribution in [-0.2, 0) is 10.0 Å². The van der Waals surface area contributed by atoms with Gasteiger partial charge in [-0.3, -0.25) is 4.90 Å². The van der Waals surface area contributed by atoms with E-state index in [1.54, 1.807) is 24.3 Å². The minimum Gasteiger partial charge on any atom is -0.492 e. The van der Waals surface area contributed by atoms with Crippen LogP contribution < -0.4 is 4.74 Å². The van der Waals surface area contributed by atoms with E-state index in [4.69, 9.17) is 16.3 Å². The lowest BCUT2D eigenvalue weighted by atomic mass is 10.0. The summed E-state index contributed by atoms with van der Waals surface area (Å²) in [6.45, 7) is 2.37. The van der Waals surface area contributed by atoms with Gasteiger partial charge in [-0.15, -0.1) is 0 Å². The standard InChI is InChI=1S/C20H25ClN2O3S/c1-22(2)27(24,25)17-11-9-16(10-12-17)26-15-14-23-13-5-8-20(23)18-6-3-4-7-19(18)21/h3-4,6-7,9-12,20H,5,8,13-15H2,1-2H3. The molecule has 27 heavy (non-hydrogen) atoms. The lowest BCUT2D eigenvalue weighted by Crippen LogP contribution is -2.28. The summed E-state index contributed by atoms with van der Waals surface area (Å²) >= 11 is 6.36. The van der Waals surface area contributed by atoms with Gasteiger partial charge in [0, 0.05) is 31.7 Å². The molecule has 0 spiro atoms. The summed E-state index contributed by atoms with van der Waals surface area (Å²) in [6.07, 6.45) is 2.24. The maximum Gasteiger partial charge on any atom is 0.242 e. The van der Waals surface area contributed by atoms with Crippen LogP contribution in [0.5, 0.6) is 5.75 Å². The topological polar surface area (TPSA) is 49.9 Å². The van der Waals surface area contributed by atoms with Gasteiger partial charge in [-0.05, 0) is 55.3 Å². The van der Waals surface area contributed by atoms with Crippen LogP contribution in [-0.4, -0.2) is 51.4 Å². The Kier molecular flexibility index (Phi) is 6.42. The van der Waals surface area contributed by atoms with Gasteiger partial charge in [-0.1, -0.05) is 29.8 Å². The van der Waals surface area contributed by atoms with Gasteiger partial charge >= 0.3 is 0 Å². The van der Waals surface area contributed by atoms with Crippen molar-refractivity contribution in [2.24, 2.45) is 0 Å². The summed E-state index contributed by atoms with van der Waals surface area (Å²) in [6, 6.07) is 14.9. The molecule has 0 aliphatic carbocycles. The highest BCUT2D eigenvalue weighted by Crippen LogP contribution is 2.35. The predicted molar refractivity (Wildman–Crippen MR) is 108 cm³/mol. The number of benzene rings is 2. The van der Waals surface area contributed by atoms with E-state index in [2.05, 4.69) is 11.0 Å². The smallest absolute Gasteiger partial charge is 0.242 e. The second-order valence-corrected chi connectivity index (χ2v) is 9.38. The van der Waals surface area contributed by atoms with Gasteiger partial charge < -0.3 is 4.74 Å². The molecule has 0 amide bonds. The highest BCUT2D eigenvalue weighted by molar-refractivity contribution is 7.89. The van der Waals surface area contributed by atoms with Crippen LogP contribution in [0.1, 0.15) is 24.4 Å². The summed E-state index contributed by atoms with van der Waals surface area (Å²) in [4.78, 5) is 2.66. The van der Waals surface area contributed by atoms with Gasteiger partial charge in [0.05, 0.1) is 4.90 Å². The van der Waals surface area contributed by atoms with Crippen LogP contribution >= 0.6 is 11.6 Å². The van der Waals surface area contributed by atoms with Crippen LogP contribution in [0.25, 0.3) is 0 Å². The lowest BCUT2D eigenvalue weighted by Gasteiger charge is -2.25. The molecule has 1 aliphatic heterocycles. The molecule has 0 aromatic heterocycles. The Hall–Kier alpha value is -1.60. The number of hydrogen-bond donors (Lipinski definition) is 0.